The van der Waals surface area contributed by atoms with Crippen molar-refractivity contribution in [3.05, 3.63) is 22.4 Å². The molecule has 0 spiro atoms. The van der Waals surface area contributed by atoms with Gasteiger partial charge >= 0.3 is 0 Å². The Balaban J connectivity index is 2.81. The Morgan fingerprint density at radius 3 is 2.83 bits per heavy atom. The van der Waals surface area contributed by atoms with Crippen LogP contribution in [0.25, 0.3) is 6.08 Å². The lowest BCUT2D eigenvalue weighted by Gasteiger charge is -1.95. The molecule has 1 heterocycles. The smallest absolute Gasteiger partial charge is 0.128 e. The van der Waals surface area contributed by atoms with E-state index in [1.165, 1.54) is 0 Å². The summed E-state index contributed by atoms with van der Waals surface area (Å²) in [7, 11) is 1.89. The lowest BCUT2D eigenvalue weighted by Crippen LogP contribution is -2.10. The standard InChI is InChI=1S/C8H12BrN3/c1-6(10)3-4-7-5-8(9)11-12(7)2/h3-6H,10H2,1-2H3/b4-3+. The molecule has 3 nitrogen and oxygen atoms in total. The summed E-state index contributed by atoms with van der Waals surface area (Å²) in [6, 6.07) is 2.03. The zero-order chi connectivity index (χ0) is 9.14. The van der Waals surface area contributed by atoms with Gasteiger partial charge in [0.25, 0.3) is 0 Å². The Morgan fingerprint density at radius 2 is 2.42 bits per heavy atom. The third kappa shape index (κ3) is 2.46. The highest BCUT2D eigenvalue weighted by molar-refractivity contribution is 9.10. The number of aromatic nitrogens is 2. The minimum atomic E-state index is 0.0821. The van der Waals surface area contributed by atoms with Crippen LogP contribution in [0.4, 0.5) is 0 Å². The Hall–Kier alpha value is -0.610. The zero-order valence-electron chi connectivity index (χ0n) is 7.16. The number of hydrogen-bond acceptors (Lipinski definition) is 2. The summed E-state index contributed by atoms with van der Waals surface area (Å²) in [4.78, 5) is 0. The highest BCUT2D eigenvalue weighted by atomic mass is 79.9. The second-order valence-electron chi connectivity index (χ2n) is 2.73. The summed E-state index contributed by atoms with van der Waals surface area (Å²) >= 11 is 3.29. The van der Waals surface area contributed by atoms with Gasteiger partial charge in [-0.05, 0) is 35.0 Å². The summed E-state index contributed by atoms with van der Waals surface area (Å²) < 4.78 is 2.64. The normalized spacial score (nSPS) is 14.0. The van der Waals surface area contributed by atoms with E-state index in [0.717, 1.165) is 10.3 Å². The molecule has 1 rings (SSSR count). The van der Waals surface area contributed by atoms with Crippen molar-refractivity contribution < 1.29 is 0 Å². The van der Waals surface area contributed by atoms with Crippen LogP contribution in [0, 0.1) is 0 Å². The van der Waals surface area contributed by atoms with Crippen LogP contribution >= 0.6 is 15.9 Å². The molecule has 12 heavy (non-hydrogen) atoms. The van der Waals surface area contributed by atoms with Gasteiger partial charge in [-0.25, -0.2) is 0 Å². The number of hydrogen-bond donors (Lipinski definition) is 1. The van der Waals surface area contributed by atoms with Crippen molar-refractivity contribution >= 4 is 22.0 Å². The Bertz CT molecular complexity index is 288. The molecule has 0 aliphatic rings. The molecule has 0 aromatic carbocycles. The quantitative estimate of drug-likeness (QED) is 0.837. The van der Waals surface area contributed by atoms with Gasteiger partial charge in [0.1, 0.15) is 4.60 Å². The second-order valence-corrected chi connectivity index (χ2v) is 3.55. The van der Waals surface area contributed by atoms with E-state index >= 15 is 0 Å². The van der Waals surface area contributed by atoms with Crippen LogP contribution in [0.5, 0.6) is 0 Å². The van der Waals surface area contributed by atoms with Crippen LogP contribution in [0.1, 0.15) is 12.6 Å². The summed E-state index contributed by atoms with van der Waals surface area (Å²) in [5, 5.41) is 4.13. The third-order valence-corrected chi connectivity index (χ3v) is 1.84. The molecule has 1 unspecified atom stereocenters. The van der Waals surface area contributed by atoms with Gasteiger partial charge < -0.3 is 5.73 Å². The molecule has 0 saturated carbocycles. The van der Waals surface area contributed by atoms with Gasteiger partial charge in [0.2, 0.25) is 0 Å². The van der Waals surface area contributed by atoms with Crippen LogP contribution in [0.2, 0.25) is 0 Å². The average Bonchev–Trinajstić information content (AvgIpc) is 2.26. The van der Waals surface area contributed by atoms with E-state index in [4.69, 9.17) is 5.73 Å². The van der Waals surface area contributed by atoms with E-state index in [-0.39, 0.29) is 6.04 Å². The van der Waals surface area contributed by atoms with Gasteiger partial charge in [0.05, 0.1) is 5.69 Å². The summed E-state index contributed by atoms with van der Waals surface area (Å²) in [5.41, 5.74) is 6.61. The molecular weight excluding hydrogens is 218 g/mol. The van der Waals surface area contributed by atoms with Crippen molar-refractivity contribution in [2.24, 2.45) is 12.8 Å². The van der Waals surface area contributed by atoms with E-state index < -0.39 is 0 Å². The maximum absolute atomic E-state index is 5.57. The molecule has 0 amide bonds. The topological polar surface area (TPSA) is 43.8 Å². The van der Waals surface area contributed by atoms with Crippen molar-refractivity contribution in [3.63, 3.8) is 0 Å². The Kier molecular flexibility index (Phi) is 3.05. The Labute approximate surface area is 80.4 Å². The van der Waals surface area contributed by atoms with Crippen LogP contribution in [-0.2, 0) is 7.05 Å². The monoisotopic (exact) mass is 229 g/mol. The predicted molar refractivity (Wildman–Crippen MR) is 53.6 cm³/mol. The van der Waals surface area contributed by atoms with Gasteiger partial charge in [-0.3, -0.25) is 4.68 Å². The van der Waals surface area contributed by atoms with Crippen molar-refractivity contribution in [3.8, 4) is 0 Å². The average molecular weight is 230 g/mol. The molecular formula is C8H12BrN3. The maximum atomic E-state index is 5.57. The summed E-state index contributed by atoms with van der Waals surface area (Å²) in [6.07, 6.45) is 3.89. The largest absolute Gasteiger partial charge is 0.325 e. The molecule has 0 bridgehead atoms. The first-order chi connectivity index (χ1) is 5.59. The minimum absolute atomic E-state index is 0.0821. The van der Waals surface area contributed by atoms with E-state index in [1.807, 2.05) is 32.2 Å². The molecule has 1 aromatic rings. The van der Waals surface area contributed by atoms with Crippen LogP contribution < -0.4 is 5.73 Å². The molecule has 4 heteroatoms. The van der Waals surface area contributed by atoms with E-state index in [0.29, 0.717) is 0 Å². The van der Waals surface area contributed by atoms with E-state index in [2.05, 4.69) is 21.0 Å². The highest BCUT2D eigenvalue weighted by Crippen LogP contribution is 2.10. The minimum Gasteiger partial charge on any atom is -0.325 e. The van der Waals surface area contributed by atoms with Gasteiger partial charge in [-0.1, -0.05) is 6.08 Å². The molecule has 0 radical (unpaired) electrons. The number of aryl methyl sites for hydroxylation is 1. The number of halogens is 1. The van der Waals surface area contributed by atoms with Crippen LogP contribution in [-0.4, -0.2) is 15.8 Å². The number of nitrogens with two attached hydrogens (primary N) is 1. The fourth-order valence-corrected chi connectivity index (χ4v) is 1.32. The summed E-state index contributed by atoms with van der Waals surface area (Å²) in [6.45, 7) is 1.93. The van der Waals surface area contributed by atoms with Gasteiger partial charge in [0.15, 0.2) is 0 Å². The number of nitrogens with zero attached hydrogens (tertiary/aromatic N) is 2. The molecule has 66 valence electrons. The van der Waals surface area contributed by atoms with Gasteiger partial charge in [0, 0.05) is 13.1 Å². The van der Waals surface area contributed by atoms with E-state index in [1.54, 1.807) is 4.68 Å². The van der Waals surface area contributed by atoms with Crippen molar-refractivity contribution in [2.75, 3.05) is 0 Å². The first kappa shape index (κ1) is 9.48. The highest BCUT2D eigenvalue weighted by Gasteiger charge is 1.97. The van der Waals surface area contributed by atoms with Gasteiger partial charge in [-0.15, -0.1) is 0 Å². The van der Waals surface area contributed by atoms with Crippen LogP contribution in [0.3, 0.4) is 0 Å². The molecule has 1 aromatic heterocycles. The van der Waals surface area contributed by atoms with Gasteiger partial charge in [-0.2, -0.15) is 5.10 Å². The molecule has 0 fully saturated rings. The van der Waals surface area contributed by atoms with Crippen molar-refractivity contribution in [2.45, 2.75) is 13.0 Å². The van der Waals surface area contributed by atoms with Crippen LogP contribution in [0.15, 0.2) is 16.7 Å². The van der Waals surface area contributed by atoms with Crippen molar-refractivity contribution in [1.82, 2.24) is 9.78 Å². The molecule has 2 N–H and O–H groups in total. The lowest BCUT2D eigenvalue weighted by molar-refractivity contribution is 0.752. The van der Waals surface area contributed by atoms with E-state index in [9.17, 15) is 0 Å². The molecule has 0 aliphatic carbocycles. The maximum Gasteiger partial charge on any atom is 0.128 e. The number of rotatable bonds is 2. The lowest BCUT2D eigenvalue weighted by atomic mass is 10.3. The first-order valence-corrected chi connectivity index (χ1v) is 4.52. The SMILES string of the molecule is CC(N)/C=C/c1cc(Br)nn1C. The fraction of sp³-hybridized carbons (Fsp3) is 0.375. The molecule has 0 saturated heterocycles. The zero-order valence-corrected chi connectivity index (χ0v) is 8.75. The molecule has 1 atom stereocenters. The Morgan fingerprint density at radius 1 is 1.75 bits per heavy atom. The fourth-order valence-electron chi connectivity index (χ4n) is 0.852. The first-order valence-electron chi connectivity index (χ1n) is 3.73. The molecule has 0 aliphatic heterocycles. The predicted octanol–water partition coefficient (Wildman–Crippen LogP) is 1.54. The second kappa shape index (κ2) is 3.87. The van der Waals surface area contributed by atoms with Crippen molar-refractivity contribution in [1.29, 1.82) is 0 Å². The summed E-state index contributed by atoms with van der Waals surface area (Å²) in [5.74, 6) is 0. The third-order valence-electron chi connectivity index (χ3n) is 1.46.